The van der Waals surface area contributed by atoms with Crippen molar-refractivity contribution in [1.82, 2.24) is 19.4 Å². The summed E-state index contributed by atoms with van der Waals surface area (Å²) in [6, 6.07) is 18.5. The molecule has 0 bridgehead atoms. The highest BCUT2D eigenvalue weighted by Crippen LogP contribution is 2.26. The van der Waals surface area contributed by atoms with E-state index in [-0.39, 0.29) is 11.9 Å². The molecule has 1 fully saturated rings. The summed E-state index contributed by atoms with van der Waals surface area (Å²) in [6.45, 7) is 2.85. The lowest BCUT2D eigenvalue weighted by Gasteiger charge is -2.40. The summed E-state index contributed by atoms with van der Waals surface area (Å²) in [6.07, 6.45) is 2.07. The van der Waals surface area contributed by atoms with Gasteiger partial charge in [-0.05, 0) is 31.0 Å². The number of nitrogens with zero attached hydrogens (tertiary/aromatic N) is 4. The largest absolute Gasteiger partial charge is 0.332 e. The van der Waals surface area contributed by atoms with Crippen LogP contribution < -0.4 is 0 Å². The number of hydrogen-bond donors (Lipinski definition) is 0. The first-order valence-corrected chi connectivity index (χ1v) is 11.0. The van der Waals surface area contributed by atoms with Crippen LogP contribution in [-0.4, -0.2) is 58.2 Å². The standard InChI is InChI=1S/C22H26N4OS/c1-24-12-13-25(20(14-24)17-8-4-3-5-9-17)22(27)15-26-19-11-7-6-10-18(19)23-21(26)16-28-2/h3-11,20H,12-16H2,1-2H3/t20-/m0/s1. The Bertz CT molecular complexity index is 956. The Morgan fingerprint density at radius 3 is 2.64 bits per heavy atom. The zero-order valence-corrected chi connectivity index (χ0v) is 17.2. The number of para-hydroxylation sites is 2. The van der Waals surface area contributed by atoms with E-state index in [1.165, 1.54) is 5.56 Å². The number of likely N-dealkylation sites (N-methyl/N-ethyl adjacent to an activating group) is 1. The number of imidazole rings is 1. The van der Waals surface area contributed by atoms with E-state index in [0.717, 1.165) is 42.2 Å². The zero-order chi connectivity index (χ0) is 19.5. The van der Waals surface area contributed by atoms with Crippen LogP contribution in [0.1, 0.15) is 17.4 Å². The van der Waals surface area contributed by atoms with Gasteiger partial charge in [-0.2, -0.15) is 11.8 Å². The molecule has 0 radical (unpaired) electrons. The van der Waals surface area contributed by atoms with Crippen molar-refractivity contribution < 1.29 is 4.79 Å². The predicted octanol–water partition coefficient (Wildman–Crippen LogP) is 3.41. The topological polar surface area (TPSA) is 41.4 Å². The van der Waals surface area contributed by atoms with E-state index in [1.807, 2.05) is 41.3 Å². The van der Waals surface area contributed by atoms with Crippen LogP contribution in [0.3, 0.4) is 0 Å². The molecular formula is C22H26N4OS. The van der Waals surface area contributed by atoms with Gasteiger partial charge in [-0.1, -0.05) is 42.5 Å². The average molecular weight is 395 g/mol. The van der Waals surface area contributed by atoms with Crippen molar-refractivity contribution in [3.8, 4) is 0 Å². The van der Waals surface area contributed by atoms with E-state index in [4.69, 9.17) is 4.98 Å². The minimum absolute atomic E-state index is 0.0891. The number of carbonyl (C=O) groups excluding carboxylic acids is 1. The van der Waals surface area contributed by atoms with Gasteiger partial charge in [-0.25, -0.2) is 4.98 Å². The number of rotatable bonds is 5. The third-order valence-corrected chi connectivity index (χ3v) is 5.94. The monoisotopic (exact) mass is 394 g/mol. The number of piperazine rings is 1. The van der Waals surface area contributed by atoms with Gasteiger partial charge >= 0.3 is 0 Å². The van der Waals surface area contributed by atoms with E-state index in [0.29, 0.717) is 6.54 Å². The van der Waals surface area contributed by atoms with Gasteiger partial charge in [0.25, 0.3) is 0 Å². The number of fused-ring (bicyclic) bond motifs is 1. The van der Waals surface area contributed by atoms with Crippen LogP contribution in [0, 0.1) is 0 Å². The highest BCUT2D eigenvalue weighted by atomic mass is 32.2. The first-order valence-electron chi connectivity index (χ1n) is 9.63. The van der Waals surface area contributed by atoms with Gasteiger partial charge in [0.1, 0.15) is 12.4 Å². The lowest BCUT2D eigenvalue weighted by Crippen LogP contribution is -2.50. The molecule has 5 nitrogen and oxygen atoms in total. The van der Waals surface area contributed by atoms with Gasteiger partial charge in [-0.15, -0.1) is 0 Å². The second kappa shape index (κ2) is 8.37. The summed E-state index contributed by atoms with van der Waals surface area (Å²) in [5.74, 6) is 1.92. The third-order valence-electron chi connectivity index (χ3n) is 5.39. The van der Waals surface area contributed by atoms with Gasteiger partial charge in [0.05, 0.1) is 22.8 Å². The first kappa shape index (κ1) is 19.0. The van der Waals surface area contributed by atoms with Gasteiger partial charge in [0.15, 0.2) is 0 Å². The Kier molecular flexibility index (Phi) is 5.69. The van der Waals surface area contributed by atoms with Gasteiger partial charge in [-0.3, -0.25) is 4.79 Å². The van der Waals surface area contributed by atoms with Crippen molar-refractivity contribution >= 4 is 28.7 Å². The normalized spacial score (nSPS) is 17.9. The fourth-order valence-electron chi connectivity index (χ4n) is 3.95. The van der Waals surface area contributed by atoms with Gasteiger partial charge in [0.2, 0.25) is 5.91 Å². The molecular weight excluding hydrogens is 368 g/mol. The first-order chi connectivity index (χ1) is 13.7. The van der Waals surface area contributed by atoms with Crippen molar-refractivity contribution in [1.29, 1.82) is 0 Å². The maximum Gasteiger partial charge on any atom is 0.243 e. The summed E-state index contributed by atoms with van der Waals surface area (Å²) < 4.78 is 2.09. The molecule has 1 aromatic heterocycles. The Hall–Kier alpha value is -2.31. The van der Waals surface area contributed by atoms with E-state index >= 15 is 0 Å². The van der Waals surface area contributed by atoms with Crippen LogP contribution in [0.25, 0.3) is 11.0 Å². The van der Waals surface area contributed by atoms with Gasteiger partial charge in [0, 0.05) is 19.6 Å². The Balaban J connectivity index is 1.64. The molecule has 0 aliphatic carbocycles. The van der Waals surface area contributed by atoms with Crippen molar-refractivity contribution in [3.63, 3.8) is 0 Å². The molecule has 1 aliphatic rings. The molecule has 2 aromatic carbocycles. The van der Waals surface area contributed by atoms with Crippen molar-refractivity contribution in [3.05, 3.63) is 66.0 Å². The van der Waals surface area contributed by atoms with Crippen LogP contribution in [-0.2, 0) is 17.1 Å². The summed E-state index contributed by atoms with van der Waals surface area (Å²) in [7, 11) is 2.12. The SMILES string of the molecule is CSCc1nc2ccccc2n1CC(=O)N1CCN(C)C[C@H]1c1ccccc1. The molecule has 0 saturated carbocycles. The summed E-state index contributed by atoms with van der Waals surface area (Å²) >= 11 is 1.73. The number of aromatic nitrogens is 2. The summed E-state index contributed by atoms with van der Waals surface area (Å²) in [4.78, 5) is 22.5. The van der Waals surface area contributed by atoms with Crippen LogP contribution in [0.4, 0.5) is 0 Å². The molecule has 146 valence electrons. The zero-order valence-electron chi connectivity index (χ0n) is 16.4. The molecule has 4 rings (SSSR count). The molecule has 0 unspecified atom stereocenters. The number of amides is 1. The highest BCUT2D eigenvalue weighted by Gasteiger charge is 2.30. The fraction of sp³-hybridized carbons (Fsp3) is 0.364. The quantitative estimate of drug-likeness (QED) is 0.665. The average Bonchev–Trinajstić information content (AvgIpc) is 3.06. The van der Waals surface area contributed by atoms with Crippen LogP contribution in [0.2, 0.25) is 0 Å². The number of thioether (sulfide) groups is 1. The van der Waals surface area contributed by atoms with Crippen molar-refractivity contribution in [2.75, 3.05) is 32.9 Å². The maximum absolute atomic E-state index is 13.4. The van der Waals surface area contributed by atoms with E-state index in [9.17, 15) is 4.79 Å². The van der Waals surface area contributed by atoms with Crippen LogP contribution in [0.5, 0.6) is 0 Å². The third kappa shape index (κ3) is 3.80. The van der Waals surface area contributed by atoms with Crippen LogP contribution in [0.15, 0.2) is 54.6 Å². The summed E-state index contributed by atoms with van der Waals surface area (Å²) in [5.41, 5.74) is 3.19. The molecule has 1 amide bonds. The fourth-order valence-corrected chi connectivity index (χ4v) is 4.42. The lowest BCUT2D eigenvalue weighted by atomic mass is 10.0. The molecule has 28 heavy (non-hydrogen) atoms. The Morgan fingerprint density at radius 1 is 1.11 bits per heavy atom. The number of hydrogen-bond acceptors (Lipinski definition) is 4. The second-order valence-corrected chi connectivity index (χ2v) is 8.18. The van der Waals surface area contributed by atoms with Gasteiger partial charge < -0.3 is 14.4 Å². The molecule has 2 heterocycles. The Morgan fingerprint density at radius 2 is 1.86 bits per heavy atom. The number of carbonyl (C=O) groups is 1. The lowest BCUT2D eigenvalue weighted by molar-refractivity contribution is -0.136. The molecule has 1 aliphatic heterocycles. The summed E-state index contributed by atoms with van der Waals surface area (Å²) in [5, 5.41) is 0. The van der Waals surface area contributed by atoms with E-state index in [1.54, 1.807) is 11.8 Å². The molecule has 1 atom stereocenters. The predicted molar refractivity (Wildman–Crippen MR) is 115 cm³/mol. The van der Waals surface area contributed by atoms with E-state index < -0.39 is 0 Å². The highest BCUT2D eigenvalue weighted by molar-refractivity contribution is 7.97. The van der Waals surface area contributed by atoms with E-state index in [2.05, 4.69) is 41.0 Å². The molecule has 1 saturated heterocycles. The van der Waals surface area contributed by atoms with Crippen molar-refractivity contribution in [2.24, 2.45) is 0 Å². The number of benzene rings is 2. The minimum Gasteiger partial charge on any atom is -0.332 e. The van der Waals surface area contributed by atoms with Crippen LogP contribution >= 0.6 is 11.8 Å². The molecule has 6 heteroatoms. The Labute approximate surface area is 170 Å². The molecule has 0 N–H and O–H groups in total. The maximum atomic E-state index is 13.4. The molecule has 0 spiro atoms. The molecule has 3 aromatic rings. The minimum atomic E-state index is 0.0891. The smallest absolute Gasteiger partial charge is 0.243 e. The second-order valence-electron chi connectivity index (χ2n) is 7.31. The van der Waals surface area contributed by atoms with Crippen molar-refractivity contribution in [2.45, 2.75) is 18.3 Å².